The number of Topliss-reactive ketones (excluding diaryl/α,β-unsaturated/α-hetero) is 1. The monoisotopic (exact) mass is 532 g/mol. The number of ketones is 1. The van der Waals surface area contributed by atoms with E-state index in [0.717, 1.165) is 29.9 Å². The fourth-order valence-corrected chi connectivity index (χ4v) is 5.69. The van der Waals surface area contributed by atoms with Crippen molar-refractivity contribution in [1.82, 2.24) is 5.32 Å². The fraction of sp³-hybridized carbons (Fsp3) is 0.400. The first-order valence-electron chi connectivity index (χ1n) is 13.4. The Labute approximate surface area is 227 Å². The number of nitrogens with zero attached hydrogens (tertiary/aromatic N) is 1. The summed E-state index contributed by atoms with van der Waals surface area (Å²) < 4.78 is 16.8. The third-order valence-corrected chi connectivity index (χ3v) is 7.57. The van der Waals surface area contributed by atoms with Crippen LogP contribution in [0.2, 0.25) is 0 Å². The Balaban J connectivity index is 1.48. The molecule has 1 aliphatic carbocycles. The molecule has 2 aliphatic heterocycles. The van der Waals surface area contributed by atoms with Crippen molar-refractivity contribution in [3.05, 3.63) is 92.3 Å². The molecule has 39 heavy (non-hydrogen) atoms. The number of rotatable bonds is 8. The van der Waals surface area contributed by atoms with Crippen molar-refractivity contribution < 1.29 is 28.7 Å². The Morgan fingerprint density at radius 3 is 2.46 bits per heavy atom. The van der Waals surface area contributed by atoms with Crippen LogP contribution in [-0.2, 0) is 19.1 Å². The summed E-state index contributed by atoms with van der Waals surface area (Å²) in [6.07, 6.45) is 2.50. The molecule has 204 valence electrons. The number of nitrogens with one attached hydrogen (secondary N) is 1. The van der Waals surface area contributed by atoms with Crippen LogP contribution >= 0.6 is 0 Å². The van der Waals surface area contributed by atoms with E-state index in [0.29, 0.717) is 42.0 Å². The number of carbonyl (C=O) groups is 2. The van der Waals surface area contributed by atoms with Crippen LogP contribution in [0.5, 0.6) is 5.75 Å². The van der Waals surface area contributed by atoms with E-state index in [1.165, 1.54) is 12.1 Å². The quantitative estimate of drug-likeness (QED) is 0.284. The number of ether oxygens (including phenoxy) is 3. The first-order chi connectivity index (χ1) is 18.9. The van der Waals surface area contributed by atoms with Gasteiger partial charge in [0, 0.05) is 48.0 Å². The van der Waals surface area contributed by atoms with E-state index in [4.69, 9.17) is 14.2 Å². The van der Waals surface area contributed by atoms with Gasteiger partial charge in [-0.1, -0.05) is 24.3 Å². The maximum absolute atomic E-state index is 13.8. The third-order valence-electron chi connectivity index (χ3n) is 7.57. The summed E-state index contributed by atoms with van der Waals surface area (Å²) in [6.45, 7) is 5.10. The van der Waals surface area contributed by atoms with Gasteiger partial charge in [0.2, 0.25) is 0 Å². The third kappa shape index (κ3) is 5.59. The van der Waals surface area contributed by atoms with Crippen LogP contribution in [0.4, 0.5) is 5.69 Å². The van der Waals surface area contributed by atoms with Gasteiger partial charge in [-0.25, -0.2) is 4.79 Å². The fourth-order valence-electron chi connectivity index (χ4n) is 5.69. The van der Waals surface area contributed by atoms with Gasteiger partial charge in [0.15, 0.2) is 5.78 Å². The van der Waals surface area contributed by atoms with Crippen LogP contribution in [0.25, 0.3) is 0 Å². The lowest BCUT2D eigenvalue weighted by Crippen LogP contribution is -2.36. The molecule has 2 aromatic carbocycles. The molecule has 3 aliphatic rings. The Kier molecular flexibility index (Phi) is 7.79. The average molecular weight is 533 g/mol. The summed E-state index contributed by atoms with van der Waals surface area (Å²) in [5.41, 5.74) is 3.84. The highest BCUT2D eigenvalue weighted by Crippen LogP contribution is 2.46. The molecule has 0 aromatic heterocycles. The van der Waals surface area contributed by atoms with Crippen molar-refractivity contribution in [2.75, 3.05) is 19.8 Å². The number of hydrogen-bond acceptors (Lipinski definition) is 8. The van der Waals surface area contributed by atoms with Crippen LogP contribution in [0.1, 0.15) is 62.5 Å². The van der Waals surface area contributed by atoms with E-state index in [9.17, 15) is 19.7 Å². The van der Waals surface area contributed by atoms with Crippen molar-refractivity contribution in [1.29, 1.82) is 0 Å². The Hall–Kier alpha value is -3.98. The number of allylic oxidation sites excluding steroid dienone is 3. The van der Waals surface area contributed by atoms with Gasteiger partial charge in [-0.15, -0.1) is 0 Å². The normalized spacial score (nSPS) is 22.8. The second-order valence-electron chi connectivity index (χ2n) is 10.1. The highest BCUT2D eigenvalue weighted by atomic mass is 16.6. The molecule has 0 saturated carbocycles. The summed E-state index contributed by atoms with van der Waals surface area (Å²) in [5, 5.41) is 14.6. The Morgan fingerprint density at radius 1 is 1.10 bits per heavy atom. The van der Waals surface area contributed by atoms with Crippen LogP contribution in [-0.4, -0.2) is 42.6 Å². The van der Waals surface area contributed by atoms with E-state index in [1.54, 1.807) is 19.1 Å². The van der Waals surface area contributed by atoms with E-state index >= 15 is 0 Å². The second kappa shape index (κ2) is 11.4. The molecular weight excluding hydrogens is 500 g/mol. The van der Waals surface area contributed by atoms with Gasteiger partial charge in [-0.2, -0.15) is 0 Å². The number of nitro benzene ring substituents is 1. The molecule has 0 unspecified atom stereocenters. The minimum absolute atomic E-state index is 0.0299. The van der Waals surface area contributed by atoms with Crippen LogP contribution in [0.15, 0.2) is 71.1 Å². The smallest absolute Gasteiger partial charge is 0.336 e. The van der Waals surface area contributed by atoms with Crippen molar-refractivity contribution >= 4 is 17.4 Å². The summed E-state index contributed by atoms with van der Waals surface area (Å²) in [7, 11) is 0. The number of carbonyl (C=O) groups excluding carboxylic acids is 2. The molecule has 9 heteroatoms. The van der Waals surface area contributed by atoms with E-state index in [-0.39, 0.29) is 36.5 Å². The maximum atomic E-state index is 13.8. The van der Waals surface area contributed by atoms with Crippen LogP contribution in [0, 0.1) is 10.1 Å². The number of nitro groups is 1. The van der Waals surface area contributed by atoms with Crippen LogP contribution < -0.4 is 10.1 Å². The lowest BCUT2D eigenvalue weighted by Gasteiger charge is -2.36. The topological polar surface area (TPSA) is 117 Å². The first-order valence-corrected chi connectivity index (χ1v) is 13.4. The van der Waals surface area contributed by atoms with Crippen molar-refractivity contribution in [2.24, 2.45) is 0 Å². The number of non-ortho nitro benzene ring substituents is 1. The van der Waals surface area contributed by atoms with Gasteiger partial charge >= 0.3 is 5.97 Å². The largest absolute Gasteiger partial charge is 0.494 e. The van der Waals surface area contributed by atoms with E-state index in [2.05, 4.69) is 5.32 Å². The number of esters is 1. The Bertz CT molecular complexity index is 1320. The zero-order valence-corrected chi connectivity index (χ0v) is 22.1. The predicted octanol–water partition coefficient (Wildman–Crippen LogP) is 5.08. The van der Waals surface area contributed by atoms with Gasteiger partial charge in [0.25, 0.3) is 5.69 Å². The molecule has 0 bridgehead atoms. The molecule has 2 heterocycles. The summed E-state index contributed by atoms with van der Waals surface area (Å²) in [5.74, 6) is -0.525. The molecule has 0 radical (unpaired) electrons. The minimum Gasteiger partial charge on any atom is -0.494 e. The zero-order chi connectivity index (χ0) is 27.5. The number of benzene rings is 2. The molecule has 3 atom stereocenters. The standard InChI is InChI=1S/C30H32N2O7/c1-3-37-23-12-8-19(9-13-23)21-15-25-29(26(33)16-21)28(20-6-10-22(11-7-20)32(35)36)27(18(2)31-25)30(34)39-17-24-5-4-14-38-24/h6-13,21,24,28,31H,3-5,14-17H2,1-2H3/t21-,24-,28-/m0/s1. The summed E-state index contributed by atoms with van der Waals surface area (Å²) in [6, 6.07) is 13.8. The highest BCUT2D eigenvalue weighted by Gasteiger charge is 2.41. The second-order valence-corrected chi connectivity index (χ2v) is 10.1. The molecule has 5 rings (SSSR count). The van der Waals surface area contributed by atoms with Gasteiger partial charge in [0.1, 0.15) is 12.4 Å². The minimum atomic E-state index is -0.687. The number of dihydropyridines is 1. The van der Waals surface area contributed by atoms with Gasteiger partial charge in [0.05, 0.1) is 23.2 Å². The molecule has 1 fully saturated rings. The Morgan fingerprint density at radius 2 is 1.82 bits per heavy atom. The summed E-state index contributed by atoms with van der Waals surface area (Å²) in [4.78, 5) is 38.0. The van der Waals surface area contributed by atoms with Crippen molar-refractivity contribution in [2.45, 2.75) is 57.5 Å². The highest BCUT2D eigenvalue weighted by molar-refractivity contribution is 6.04. The zero-order valence-electron chi connectivity index (χ0n) is 22.1. The molecule has 0 spiro atoms. The molecule has 9 nitrogen and oxygen atoms in total. The van der Waals surface area contributed by atoms with Gasteiger partial charge in [-0.3, -0.25) is 14.9 Å². The molecular formula is C30H32N2O7. The molecule has 1 saturated heterocycles. The SMILES string of the molecule is CCOc1ccc([C@@H]2CC(=O)C3=C(C2)NC(C)=C(C(=O)OC[C@@H]2CCCO2)[C@@H]3c2ccc([N+](=O)[O-])cc2)cc1. The van der Waals surface area contributed by atoms with Crippen LogP contribution in [0.3, 0.4) is 0 Å². The van der Waals surface area contributed by atoms with Crippen molar-refractivity contribution in [3.63, 3.8) is 0 Å². The van der Waals surface area contributed by atoms with E-state index < -0.39 is 16.8 Å². The maximum Gasteiger partial charge on any atom is 0.336 e. The predicted molar refractivity (Wildman–Crippen MR) is 143 cm³/mol. The molecule has 1 N–H and O–H groups in total. The van der Waals surface area contributed by atoms with Gasteiger partial charge < -0.3 is 19.5 Å². The van der Waals surface area contributed by atoms with Crippen molar-refractivity contribution in [3.8, 4) is 5.75 Å². The lowest BCUT2D eigenvalue weighted by molar-refractivity contribution is -0.384. The first kappa shape index (κ1) is 26.6. The van der Waals surface area contributed by atoms with E-state index in [1.807, 2.05) is 31.2 Å². The van der Waals surface area contributed by atoms with Gasteiger partial charge in [-0.05, 0) is 62.3 Å². The number of hydrogen-bond donors (Lipinski definition) is 1. The summed E-state index contributed by atoms with van der Waals surface area (Å²) >= 11 is 0. The molecule has 2 aromatic rings. The lowest BCUT2D eigenvalue weighted by atomic mass is 9.71. The average Bonchev–Trinajstić information content (AvgIpc) is 3.45. The molecule has 0 amide bonds.